The normalized spacial score (nSPS) is 11.7. The van der Waals surface area contributed by atoms with Gasteiger partial charge in [0.05, 0.1) is 40.0 Å². The van der Waals surface area contributed by atoms with Crippen LogP contribution in [0.2, 0.25) is 0 Å². The molecule has 0 saturated heterocycles. The SMILES string of the molecule is CCOc1cc(-n2c3ccncc3c3cnccc32)cc(-n2c3ccncc3c3cnccc32)c1. The fourth-order valence-corrected chi connectivity index (χ4v) is 5.05. The van der Waals surface area contributed by atoms with Crippen LogP contribution in [0, 0.1) is 0 Å². The molecule has 6 heterocycles. The molecule has 0 aliphatic rings. The summed E-state index contributed by atoms with van der Waals surface area (Å²) < 4.78 is 10.5. The van der Waals surface area contributed by atoms with E-state index in [1.807, 2.05) is 80.8 Å². The maximum absolute atomic E-state index is 6.06. The average molecular weight is 457 g/mol. The highest BCUT2D eigenvalue weighted by molar-refractivity contribution is 6.09. The fourth-order valence-electron chi connectivity index (χ4n) is 5.05. The van der Waals surface area contributed by atoms with Gasteiger partial charge in [-0.05, 0) is 37.3 Å². The van der Waals surface area contributed by atoms with E-state index in [0.29, 0.717) is 6.61 Å². The Labute approximate surface area is 200 Å². The van der Waals surface area contributed by atoms with Crippen LogP contribution in [0.3, 0.4) is 0 Å². The van der Waals surface area contributed by atoms with Crippen LogP contribution in [-0.2, 0) is 0 Å². The van der Waals surface area contributed by atoms with E-state index in [4.69, 9.17) is 4.74 Å². The van der Waals surface area contributed by atoms with Crippen molar-refractivity contribution in [3.05, 3.63) is 92.0 Å². The van der Waals surface area contributed by atoms with E-state index in [9.17, 15) is 0 Å². The smallest absolute Gasteiger partial charge is 0.123 e. The number of fused-ring (bicyclic) bond motifs is 6. The third-order valence-corrected chi connectivity index (χ3v) is 6.44. The molecule has 0 aliphatic carbocycles. The van der Waals surface area contributed by atoms with Gasteiger partial charge >= 0.3 is 0 Å². The second kappa shape index (κ2) is 7.63. The Hall–Kier alpha value is -4.78. The van der Waals surface area contributed by atoms with Crippen molar-refractivity contribution in [1.29, 1.82) is 0 Å². The van der Waals surface area contributed by atoms with E-state index >= 15 is 0 Å². The van der Waals surface area contributed by atoms with Gasteiger partial charge in [0.2, 0.25) is 0 Å². The molecule has 0 saturated carbocycles. The molecule has 7 heteroatoms. The minimum Gasteiger partial charge on any atom is -0.494 e. The summed E-state index contributed by atoms with van der Waals surface area (Å²) in [5.74, 6) is 0.802. The number of hydrogen-bond donors (Lipinski definition) is 0. The van der Waals surface area contributed by atoms with E-state index in [-0.39, 0.29) is 0 Å². The molecule has 7 nitrogen and oxygen atoms in total. The zero-order valence-electron chi connectivity index (χ0n) is 19.0. The molecule has 0 radical (unpaired) electrons. The van der Waals surface area contributed by atoms with Gasteiger partial charge in [0, 0.05) is 83.3 Å². The molecule has 7 rings (SSSR count). The van der Waals surface area contributed by atoms with Crippen molar-refractivity contribution in [2.75, 3.05) is 6.61 Å². The molecular weight excluding hydrogens is 436 g/mol. The van der Waals surface area contributed by atoms with Gasteiger partial charge in [-0.25, -0.2) is 0 Å². The number of rotatable bonds is 4. The van der Waals surface area contributed by atoms with Crippen molar-refractivity contribution in [2.45, 2.75) is 6.92 Å². The van der Waals surface area contributed by atoms with E-state index < -0.39 is 0 Å². The highest BCUT2D eigenvalue weighted by Crippen LogP contribution is 2.36. The molecule has 0 bridgehead atoms. The van der Waals surface area contributed by atoms with Crippen LogP contribution in [0.4, 0.5) is 0 Å². The van der Waals surface area contributed by atoms with Crippen LogP contribution >= 0.6 is 0 Å². The Morgan fingerprint density at radius 2 is 0.943 bits per heavy atom. The van der Waals surface area contributed by atoms with Gasteiger partial charge in [0.25, 0.3) is 0 Å². The first kappa shape index (κ1) is 19.7. The molecule has 6 aromatic heterocycles. The van der Waals surface area contributed by atoms with Crippen molar-refractivity contribution in [3.63, 3.8) is 0 Å². The third kappa shape index (κ3) is 2.91. The molecule has 0 amide bonds. The van der Waals surface area contributed by atoms with E-state index in [1.54, 1.807) is 0 Å². The molecule has 168 valence electrons. The van der Waals surface area contributed by atoms with Gasteiger partial charge in [0.15, 0.2) is 0 Å². The number of benzene rings is 1. The highest BCUT2D eigenvalue weighted by atomic mass is 16.5. The monoisotopic (exact) mass is 456 g/mol. The minimum atomic E-state index is 0.574. The van der Waals surface area contributed by atoms with Crippen LogP contribution in [0.25, 0.3) is 55.0 Å². The lowest BCUT2D eigenvalue weighted by molar-refractivity contribution is 0.340. The average Bonchev–Trinajstić information content (AvgIpc) is 3.42. The Morgan fingerprint density at radius 3 is 1.29 bits per heavy atom. The van der Waals surface area contributed by atoms with E-state index in [1.165, 1.54) is 0 Å². The summed E-state index contributed by atoms with van der Waals surface area (Å²) in [7, 11) is 0. The molecule has 0 spiro atoms. The molecule has 0 N–H and O–H groups in total. The summed E-state index contributed by atoms with van der Waals surface area (Å²) in [6.07, 6.45) is 14.9. The van der Waals surface area contributed by atoms with Gasteiger partial charge < -0.3 is 13.9 Å². The van der Waals surface area contributed by atoms with Crippen LogP contribution < -0.4 is 4.74 Å². The van der Waals surface area contributed by atoms with Gasteiger partial charge in [-0.3, -0.25) is 19.9 Å². The minimum absolute atomic E-state index is 0.574. The first-order valence-electron chi connectivity index (χ1n) is 11.5. The highest BCUT2D eigenvalue weighted by Gasteiger charge is 2.17. The predicted octanol–water partition coefficient (Wildman–Crippen LogP) is 5.86. The quantitative estimate of drug-likeness (QED) is 0.332. The van der Waals surface area contributed by atoms with Gasteiger partial charge in [0.1, 0.15) is 5.75 Å². The Kier molecular flexibility index (Phi) is 4.29. The van der Waals surface area contributed by atoms with Crippen LogP contribution in [0.1, 0.15) is 6.92 Å². The van der Waals surface area contributed by atoms with Crippen molar-refractivity contribution in [1.82, 2.24) is 29.1 Å². The first-order chi connectivity index (χ1) is 17.3. The largest absolute Gasteiger partial charge is 0.494 e. The summed E-state index contributed by atoms with van der Waals surface area (Å²) in [5.41, 5.74) is 6.27. The second-order valence-electron chi connectivity index (χ2n) is 8.36. The maximum Gasteiger partial charge on any atom is 0.123 e. The summed E-state index contributed by atoms with van der Waals surface area (Å²) in [6.45, 7) is 2.58. The molecule has 1 aromatic carbocycles. The Morgan fingerprint density at radius 1 is 0.571 bits per heavy atom. The van der Waals surface area contributed by atoms with Crippen molar-refractivity contribution < 1.29 is 4.74 Å². The summed E-state index contributed by atoms with van der Waals surface area (Å²) in [5, 5.41) is 4.25. The van der Waals surface area contributed by atoms with Gasteiger partial charge in [-0.1, -0.05) is 0 Å². The van der Waals surface area contributed by atoms with E-state index in [0.717, 1.165) is 60.7 Å². The third-order valence-electron chi connectivity index (χ3n) is 6.44. The number of ether oxygens (including phenoxy) is 1. The first-order valence-corrected chi connectivity index (χ1v) is 11.5. The summed E-state index contributed by atoms with van der Waals surface area (Å²) >= 11 is 0. The predicted molar refractivity (Wildman–Crippen MR) is 137 cm³/mol. The van der Waals surface area contributed by atoms with Crippen molar-refractivity contribution in [3.8, 4) is 17.1 Å². The maximum atomic E-state index is 6.06. The molecule has 0 atom stereocenters. The molecule has 7 aromatic rings. The van der Waals surface area contributed by atoms with Gasteiger partial charge in [-0.2, -0.15) is 0 Å². The van der Waals surface area contributed by atoms with Crippen molar-refractivity contribution in [2.24, 2.45) is 0 Å². The molecule has 0 aliphatic heterocycles. The Bertz CT molecular complexity index is 1650. The number of nitrogens with zero attached hydrogens (tertiary/aromatic N) is 6. The van der Waals surface area contributed by atoms with Crippen LogP contribution in [0.5, 0.6) is 5.75 Å². The lowest BCUT2D eigenvalue weighted by atomic mass is 10.2. The molecule has 0 fully saturated rings. The second-order valence-corrected chi connectivity index (χ2v) is 8.36. The van der Waals surface area contributed by atoms with Crippen LogP contribution in [-0.4, -0.2) is 35.7 Å². The summed E-state index contributed by atoms with van der Waals surface area (Å²) in [4.78, 5) is 17.4. The zero-order valence-corrected chi connectivity index (χ0v) is 19.0. The summed E-state index contributed by atoms with van der Waals surface area (Å²) in [6, 6.07) is 14.5. The molecule has 35 heavy (non-hydrogen) atoms. The molecule has 0 unspecified atom stereocenters. The number of pyridine rings is 4. The number of hydrogen-bond acceptors (Lipinski definition) is 5. The lowest BCUT2D eigenvalue weighted by Crippen LogP contribution is -2.01. The Balaban J connectivity index is 1.59. The lowest BCUT2D eigenvalue weighted by Gasteiger charge is -2.15. The number of aromatic nitrogens is 6. The van der Waals surface area contributed by atoms with Crippen LogP contribution in [0.15, 0.2) is 92.0 Å². The van der Waals surface area contributed by atoms with Crippen molar-refractivity contribution >= 4 is 43.6 Å². The molecular formula is C28H20N6O. The van der Waals surface area contributed by atoms with Gasteiger partial charge in [-0.15, -0.1) is 0 Å². The zero-order chi connectivity index (χ0) is 23.4. The standard InChI is InChI=1S/C28H20N6O/c1-2-35-20-12-18(33-25-3-7-29-14-21(25)22-15-30-8-4-26(22)33)11-19(13-20)34-27-5-9-31-16-23(27)24-17-32-10-6-28(24)34/h3-17H,2H2,1H3. The topological polar surface area (TPSA) is 70.7 Å². The van der Waals surface area contributed by atoms with E-state index in [2.05, 4.69) is 47.3 Å². The fraction of sp³-hybridized carbons (Fsp3) is 0.0714.